The van der Waals surface area contributed by atoms with Crippen LogP contribution in [-0.4, -0.2) is 47.7 Å². The number of likely N-dealkylation sites (tertiary alicyclic amines) is 1. The first-order valence-electron chi connectivity index (χ1n) is 8.45. The number of amides is 1. The Morgan fingerprint density at radius 1 is 1.28 bits per heavy atom. The molecule has 1 fully saturated rings. The summed E-state index contributed by atoms with van der Waals surface area (Å²) in [6.07, 6.45) is 5.87. The third kappa shape index (κ3) is 4.98. The number of phenolic OH excluding ortho intramolecular Hbond substituents is 1. The lowest BCUT2D eigenvalue weighted by molar-refractivity contribution is -0.151. The van der Waals surface area contributed by atoms with E-state index in [4.69, 9.17) is 9.47 Å². The molecule has 0 bridgehead atoms. The largest absolute Gasteiger partial charge is 0.504 e. The molecule has 1 N–H and O–H groups in total. The lowest BCUT2D eigenvalue weighted by atomic mass is 9.97. The number of benzene rings is 1. The molecule has 25 heavy (non-hydrogen) atoms. The number of hydrogen-bond donors (Lipinski definition) is 1. The normalized spacial score (nSPS) is 20.5. The van der Waals surface area contributed by atoms with Crippen molar-refractivity contribution in [3.05, 3.63) is 29.8 Å². The van der Waals surface area contributed by atoms with Gasteiger partial charge < -0.3 is 19.5 Å². The standard InChI is InChI=1S/C19H25NO5/c1-13-5-4-6-14(2)20(13)18(22)12-25-19(23)10-8-15-7-9-16(21)17(11-15)24-3/h7-11,13-14,21H,4-6,12H2,1-3H3. The highest BCUT2D eigenvalue weighted by molar-refractivity contribution is 5.89. The van der Waals surface area contributed by atoms with Crippen LogP contribution < -0.4 is 4.74 Å². The minimum atomic E-state index is -0.585. The predicted molar refractivity (Wildman–Crippen MR) is 94.3 cm³/mol. The van der Waals surface area contributed by atoms with Gasteiger partial charge in [0, 0.05) is 18.2 Å². The SMILES string of the molecule is COc1cc(C=CC(=O)OCC(=O)N2C(C)CCCC2C)ccc1O. The van der Waals surface area contributed by atoms with Gasteiger partial charge in [-0.2, -0.15) is 0 Å². The van der Waals surface area contributed by atoms with Crippen LogP contribution in [0.2, 0.25) is 0 Å². The van der Waals surface area contributed by atoms with E-state index >= 15 is 0 Å². The van der Waals surface area contributed by atoms with Crippen LogP contribution in [0, 0.1) is 0 Å². The Morgan fingerprint density at radius 2 is 1.96 bits per heavy atom. The average Bonchev–Trinajstić information content (AvgIpc) is 2.59. The van der Waals surface area contributed by atoms with E-state index in [2.05, 4.69) is 0 Å². The van der Waals surface area contributed by atoms with Crippen molar-refractivity contribution in [2.24, 2.45) is 0 Å². The van der Waals surface area contributed by atoms with E-state index in [9.17, 15) is 14.7 Å². The lowest BCUT2D eigenvalue weighted by Crippen LogP contribution is -2.49. The van der Waals surface area contributed by atoms with Crippen LogP contribution >= 0.6 is 0 Å². The van der Waals surface area contributed by atoms with E-state index < -0.39 is 5.97 Å². The zero-order chi connectivity index (χ0) is 18.4. The van der Waals surface area contributed by atoms with Gasteiger partial charge in [0.25, 0.3) is 5.91 Å². The highest BCUT2D eigenvalue weighted by atomic mass is 16.5. The van der Waals surface area contributed by atoms with Gasteiger partial charge >= 0.3 is 5.97 Å². The smallest absolute Gasteiger partial charge is 0.331 e. The molecular formula is C19H25NO5. The Balaban J connectivity index is 1.88. The first-order valence-corrected chi connectivity index (χ1v) is 8.45. The van der Waals surface area contributed by atoms with Gasteiger partial charge in [-0.15, -0.1) is 0 Å². The minimum Gasteiger partial charge on any atom is -0.504 e. The van der Waals surface area contributed by atoms with Crippen LogP contribution in [0.4, 0.5) is 0 Å². The first kappa shape index (κ1) is 18.8. The quantitative estimate of drug-likeness (QED) is 0.655. The third-order valence-corrected chi connectivity index (χ3v) is 4.44. The maximum atomic E-state index is 12.3. The Kier molecular flexibility index (Phi) is 6.44. The average molecular weight is 347 g/mol. The number of aromatic hydroxyl groups is 1. The fourth-order valence-electron chi connectivity index (χ4n) is 3.13. The van der Waals surface area contributed by atoms with Crippen molar-refractivity contribution in [3.63, 3.8) is 0 Å². The maximum absolute atomic E-state index is 12.3. The zero-order valence-corrected chi connectivity index (χ0v) is 14.9. The molecule has 136 valence electrons. The molecule has 0 spiro atoms. The van der Waals surface area contributed by atoms with Gasteiger partial charge in [0.15, 0.2) is 18.1 Å². The molecule has 0 radical (unpaired) electrons. The molecule has 2 atom stereocenters. The van der Waals surface area contributed by atoms with E-state index in [1.807, 2.05) is 18.7 Å². The van der Waals surface area contributed by atoms with Crippen LogP contribution in [0.25, 0.3) is 6.08 Å². The summed E-state index contributed by atoms with van der Waals surface area (Å²) in [5, 5.41) is 9.54. The summed E-state index contributed by atoms with van der Waals surface area (Å²) in [6.45, 7) is 3.79. The van der Waals surface area contributed by atoms with Gasteiger partial charge in [0.05, 0.1) is 7.11 Å². The molecule has 1 saturated heterocycles. The van der Waals surface area contributed by atoms with Gasteiger partial charge in [0.1, 0.15) is 0 Å². The molecule has 1 aliphatic heterocycles. The molecule has 1 aromatic carbocycles. The molecule has 1 amide bonds. The molecule has 1 aliphatic rings. The number of phenols is 1. The summed E-state index contributed by atoms with van der Waals surface area (Å²) in [4.78, 5) is 25.9. The van der Waals surface area contributed by atoms with Crippen molar-refractivity contribution in [2.45, 2.75) is 45.2 Å². The number of rotatable bonds is 5. The second-order valence-corrected chi connectivity index (χ2v) is 6.30. The molecule has 1 heterocycles. The summed E-state index contributed by atoms with van der Waals surface area (Å²) in [5.74, 6) is -0.401. The Hall–Kier alpha value is -2.50. The van der Waals surface area contributed by atoms with Gasteiger partial charge in [-0.3, -0.25) is 4.79 Å². The van der Waals surface area contributed by atoms with Crippen LogP contribution in [-0.2, 0) is 14.3 Å². The second-order valence-electron chi connectivity index (χ2n) is 6.30. The minimum absolute atomic E-state index is 0.0256. The lowest BCUT2D eigenvalue weighted by Gasteiger charge is -2.38. The molecule has 0 aromatic heterocycles. The number of methoxy groups -OCH3 is 1. The summed E-state index contributed by atoms with van der Waals surface area (Å²) in [6, 6.07) is 5.07. The third-order valence-electron chi connectivity index (χ3n) is 4.44. The number of nitrogens with zero attached hydrogens (tertiary/aromatic N) is 1. The van der Waals surface area contributed by atoms with Gasteiger partial charge in [-0.25, -0.2) is 4.79 Å². The van der Waals surface area contributed by atoms with Gasteiger partial charge in [0.2, 0.25) is 0 Å². The summed E-state index contributed by atoms with van der Waals surface area (Å²) in [7, 11) is 1.45. The monoisotopic (exact) mass is 347 g/mol. The van der Waals surface area contributed by atoms with E-state index in [1.165, 1.54) is 19.3 Å². The van der Waals surface area contributed by atoms with Crippen LogP contribution in [0.5, 0.6) is 11.5 Å². The topological polar surface area (TPSA) is 76.1 Å². The number of carbonyl (C=O) groups is 2. The number of carbonyl (C=O) groups excluding carboxylic acids is 2. The van der Waals surface area contributed by atoms with Crippen molar-refractivity contribution in [1.82, 2.24) is 4.90 Å². The molecule has 2 rings (SSSR count). The van der Waals surface area contributed by atoms with Crippen LogP contribution in [0.15, 0.2) is 24.3 Å². The molecule has 1 aromatic rings. The van der Waals surface area contributed by atoms with Crippen molar-refractivity contribution < 1.29 is 24.2 Å². The molecular weight excluding hydrogens is 322 g/mol. The fourth-order valence-corrected chi connectivity index (χ4v) is 3.13. The number of piperidine rings is 1. The Labute approximate surface area is 148 Å². The van der Waals surface area contributed by atoms with Crippen LogP contribution in [0.3, 0.4) is 0 Å². The maximum Gasteiger partial charge on any atom is 0.331 e. The van der Waals surface area contributed by atoms with Crippen molar-refractivity contribution >= 4 is 18.0 Å². The number of ether oxygens (including phenoxy) is 2. The summed E-state index contributed by atoms with van der Waals surface area (Å²) >= 11 is 0. The number of esters is 1. The molecule has 0 saturated carbocycles. The first-order chi connectivity index (χ1) is 11.9. The second kappa shape index (κ2) is 8.55. The van der Waals surface area contributed by atoms with Crippen molar-refractivity contribution in [1.29, 1.82) is 0 Å². The van der Waals surface area contributed by atoms with Gasteiger partial charge in [-0.1, -0.05) is 6.07 Å². The molecule has 0 aliphatic carbocycles. The molecule has 6 nitrogen and oxygen atoms in total. The summed E-state index contributed by atoms with van der Waals surface area (Å²) < 4.78 is 10.1. The number of hydrogen-bond acceptors (Lipinski definition) is 5. The predicted octanol–water partition coefficient (Wildman–Crippen LogP) is 2.75. The highest BCUT2D eigenvalue weighted by Crippen LogP contribution is 2.26. The van der Waals surface area contributed by atoms with E-state index in [1.54, 1.807) is 18.2 Å². The van der Waals surface area contributed by atoms with Crippen molar-refractivity contribution in [3.8, 4) is 11.5 Å². The van der Waals surface area contributed by atoms with E-state index in [0.717, 1.165) is 19.3 Å². The Morgan fingerprint density at radius 3 is 2.60 bits per heavy atom. The van der Waals surface area contributed by atoms with Crippen LogP contribution in [0.1, 0.15) is 38.7 Å². The fraction of sp³-hybridized carbons (Fsp3) is 0.474. The van der Waals surface area contributed by atoms with Crippen molar-refractivity contribution in [2.75, 3.05) is 13.7 Å². The molecule has 6 heteroatoms. The summed E-state index contributed by atoms with van der Waals surface area (Å²) in [5.41, 5.74) is 0.677. The van der Waals surface area contributed by atoms with E-state index in [0.29, 0.717) is 11.3 Å². The zero-order valence-electron chi connectivity index (χ0n) is 14.9. The molecule has 2 unspecified atom stereocenters. The van der Waals surface area contributed by atoms with Gasteiger partial charge in [-0.05, 0) is 56.9 Å². The highest BCUT2D eigenvalue weighted by Gasteiger charge is 2.29. The Bertz CT molecular complexity index is 645. The van der Waals surface area contributed by atoms with E-state index in [-0.39, 0.29) is 30.3 Å².